The van der Waals surface area contributed by atoms with Crippen LogP contribution in [0.25, 0.3) is 0 Å². The number of nitrogens with zero attached hydrogens (tertiary/aromatic N) is 2. The van der Waals surface area contributed by atoms with Gasteiger partial charge in [0.2, 0.25) is 0 Å². The molecule has 1 aliphatic rings. The van der Waals surface area contributed by atoms with E-state index in [1.807, 2.05) is 0 Å². The fourth-order valence-corrected chi connectivity index (χ4v) is 1.10. The standard InChI is InChI=1S/C10H14N2O3/c1-9(2,3)15-8(13)12-5-4-10(14,6-11)7-12/h4-5,14H,7H2,1-3H3. The van der Waals surface area contributed by atoms with Crippen molar-refractivity contribution in [3.63, 3.8) is 0 Å². The topological polar surface area (TPSA) is 73.6 Å². The fraction of sp³-hybridized carbons (Fsp3) is 0.600. The Kier molecular flexibility index (Phi) is 2.73. The summed E-state index contributed by atoms with van der Waals surface area (Å²) >= 11 is 0. The number of aliphatic hydroxyl groups is 1. The number of hydrogen-bond acceptors (Lipinski definition) is 4. The molecule has 1 rings (SSSR count). The first kappa shape index (κ1) is 11.5. The Morgan fingerprint density at radius 1 is 1.67 bits per heavy atom. The van der Waals surface area contributed by atoms with Gasteiger partial charge in [0, 0.05) is 6.20 Å². The number of amides is 1. The molecule has 1 heterocycles. The molecule has 0 bridgehead atoms. The zero-order valence-electron chi connectivity index (χ0n) is 9.02. The van der Waals surface area contributed by atoms with E-state index in [4.69, 9.17) is 10.00 Å². The Labute approximate surface area is 88.6 Å². The van der Waals surface area contributed by atoms with Gasteiger partial charge in [-0.1, -0.05) is 0 Å². The van der Waals surface area contributed by atoms with Crippen molar-refractivity contribution in [3.8, 4) is 6.07 Å². The van der Waals surface area contributed by atoms with Crippen LogP contribution < -0.4 is 0 Å². The van der Waals surface area contributed by atoms with Crippen molar-refractivity contribution in [2.75, 3.05) is 6.54 Å². The van der Waals surface area contributed by atoms with Crippen molar-refractivity contribution >= 4 is 6.09 Å². The molecule has 0 fully saturated rings. The van der Waals surface area contributed by atoms with Crippen LogP contribution in [0.1, 0.15) is 20.8 Å². The SMILES string of the molecule is CC(C)(C)OC(=O)N1C=CC(O)(C#N)C1. The van der Waals surface area contributed by atoms with E-state index in [1.165, 1.54) is 17.2 Å². The molecule has 0 saturated carbocycles. The maximum absolute atomic E-state index is 11.5. The molecule has 0 aromatic rings. The minimum Gasteiger partial charge on any atom is -0.443 e. The highest BCUT2D eigenvalue weighted by Gasteiger charge is 2.35. The summed E-state index contributed by atoms with van der Waals surface area (Å²) in [6, 6.07) is 1.71. The van der Waals surface area contributed by atoms with Crippen LogP contribution >= 0.6 is 0 Å². The summed E-state index contributed by atoms with van der Waals surface area (Å²) in [5.74, 6) is 0. The van der Waals surface area contributed by atoms with E-state index in [1.54, 1.807) is 26.8 Å². The summed E-state index contributed by atoms with van der Waals surface area (Å²) in [5, 5.41) is 18.1. The highest BCUT2D eigenvalue weighted by Crippen LogP contribution is 2.19. The van der Waals surface area contributed by atoms with Crippen molar-refractivity contribution < 1.29 is 14.6 Å². The van der Waals surface area contributed by atoms with Gasteiger partial charge in [-0.2, -0.15) is 5.26 Å². The number of rotatable bonds is 0. The Morgan fingerprint density at radius 3 is 2.67 bits per heavy atom. The molecule has 0 saturated heterocycles. The average Bonchev–Trinajstić information content (AvgIpc) is 2.46. The molecule has 0 spiro atoms. The summed E-state index contributed by atoms with van der Waals surface area (Å²) < 4.78 is 5.07. The molecule has 1 aliphatic heterocycles. The van der Waals surface area contributed by atoms with Crippen molar-refractivity contribution in [1.82, 2.24) is 4.90 Å². The number of ether oxygens (including phenoxy) is 1. The van der Waals surface area contributed by atoms with E-state index in [9.17, 15) is 9.90 Å². The van der Waals surface area contributed by atoms with E-state index in [0.717, 1.165) is 0 Å². The average molecular weight is 210 g/mol. The van der Waals surface area contributed by atoms with Crippen LogP contribution in [0.2, 0.25) is 0 Å². The quantitative estimate of drug-likeness (QED) is 0.605. The van der Waals surface area contributed by atoms with Gasteiger partial charge >= 0.3 is 6.09 Å². The van der Waals surface area contributed by atoms with Crippen molar-refractivity contribution in [2.24, 2.45) is 0 Å². The Morgan fingerprint density at radius 2 is 2.27 bits per heavy atom. The highest BCUT2D eigenvalue weighted by molar-refractivity contribution is 5.70. The molecular formula is C10H14N2O3. The van der Waals surface area contributed by atoms with Gasteiger partial charge in [0.15, 0.2) is 5.60 Å². The second-order valence-electron chi connectivity index (χ2n) is 4.46. The summed E-state index contributed by atoms with van der Waals surface area (Å²) in [6.45, 7) is 5.17. The van der Waals surface area contributed by atoms with Crippen molar-refractivity contribution in [2.45, 2.75) is 32.0 Å². The monoisotopic (exact) mass is 210 g/mol. The summed E-state index contributed by atoms with van der Waals surface area (Å²) in [6.07, 6.45) is 2.07. The number of carbonyl (C=O) groups excluding carboxylic acids is 1. The molecule has 15 heavy (non-hydrogen) atoms. The summed E-state index contributed by atoms with van der Waals surface area (Å²) in [7, 11) is 0. The summed E-state index contributed by atoms with van der Waals surface area (Å²) in [5.41, 5.74) is -2.17. The van der Waals surface area contributed by atoms with Gasteiger partial charge in [-0.15, -0.1) is 0 Å². The molecule has 5 nitrogen and oxygen atoms in total. The van der Waals surface area contributed by atoms with Crippen LogP contribution in [0, 0.1) is 11.3 Å². The lowest BCUT2D eigenvalue weighted by Gasteiger charge is -2.24. The Balaban J connectivity index is 2.61. The molecule has 0 aromatic carbocycles. The smallest absolute Gasteiger partial charge is 0.414 e. The van der Waals surface area contributed by atoms with Crippen LogP contribution in [-0.4, -0.2) is 33.8 Å². The van der Waals surface area contributed by atoms with Gasteiger partial charge in [-0.25, -0.2) is 4.79 Å². The molecule has 0 radical (unpaired) electrons. The van der Waals surface area contributed by atoms with Gasteiger partial charge in [0.05, 0.1) is 6.54 Å². The molecule has 5 heteroatoms. The zero-order chi connectivity index (χ0) is 11.7. The minimum atomic E-state index is -1.59. The van der Waals surface area contributed by atoms with E-state index < -0.39 is 17.3 Å². The van der Waals surface area contributed by atoms with Crippen molar-refractivity contribution in [1.29, 1.82) is 5.26 Å². The molecule has 0 aliphatic carbocycles. The lowest BCUT2D eigenvalue weighted by Crippen LogP contribution is -2.38. The predicted molar refractivity (Wildman–Crippen MR) is 52.6 cm³/mol. The molecule has 1 amide bonds. The van der Waals surface area contributed by atoms with Crippen LogP contribution in [-0.2, 0) is 4.74 Å². The molecule has 1 unspecified atom stereocenters. The van der Waals surface area contributed by atoms with Gasteiger partial charge in [0.25, 0.3) is 0 Å². The van der Waals surface area contributed by atoms with E-state index >= 15 is 0 Å². The van der Waals surface area contributed by atoms with Gasteiger partial charge in [-0.05, 0) is 26.8 Å². The molecule has 1 atom stereocenters. The second-order valence-corrected chi connectivity index (χ2v) is 4.46. The second kappa shape index (κ2) is 3.55. The largest absolute Gasteiger partial charge is 0.443 e. The molecule has 1 N–H and O–H groups in total. The van der Waals surface area contributed by atoms with Crippen LogP contribution in [0.3, 0.4) is 0 Å². The van der Waals surface area contributed by atoms with E-state index in [2.05, 4.69) is 0 Å². The lowest BCUT2D eigenvalue weighted by molar-refractivity contribution is 0.0274. The first-order valence-corrected chi connectivity index (χ1v) is 4.58. The highest BCUT2D eigenvalue weighted by atomic mass is 16.6. The van der Waals surface area contributed by atoms with Gasteiger partial charge < -0.3 is 9.84 Å². The third-order valence-corrected chi connectivity index (χ3v) is 1.76. The van der Waals surface area contributed by atoms with Gasteiger partial charge in [0.1, 0.15) is 11.7 Å². The first-order valence-electron chi connectivity index (χ1n) is 4.58. The van der Waals surface area contributed by atoms with Crippen LogP contribution in [0.5, 0.6) is 0 Å². The maximum Gasteiger partial charge on any atom is 0.414 e. The normalized spacial score (nSPS) is 25.1. The summed E-state index contributed by atoms with van der Waals surface area (Å²) in [4.78, 5) is 12.7. The number of carbonyl (C=O) groups is 1. The number of hydrogen-bond donors (Lipinski definition) is 1. The number of β-amino-alcohol motifs (C(OH)–C–C–N with tert-alkyl or cyclic N) is 1. The molecule has 0 aromatic heterocycles. The minimum absolute atomic E-state index is 0.0849. The molecule has 82 valence electrons. The van der Waals surface area contributed by atoms with Crippen LogP contribution in [0.4, 0.5) is 4.79 Å². The lowest BCUT2D eigenvalue weighted by atomic mass is 10.1. The zero-order valence-corrected chi connectivity index (χ0v) is 9.02. The van der Waals surface area contributed by atoms with E-state index in [0.29, 0.717) is 0 Å². The predicted octanol–water partition coefficient (Wildman–Crippen LogP) is 1.01. The third kappa shape index (κ3) is 2.96. The fourth-order valence-electron chi connectivity index (χ4n) is 1.10. The Bertz CT molecular complexity index is 338. The Hall–Kier alpha value is -1.54. The van der Waals surface area contributed by atoms with Crippen LogP contribution in [0.15, 0.2) is 12.3 Å². The van der Waals surface area contributed by atoms with E-state index in [-0.39, 0.29) is 6.54 Å². The maximum atomic E-state index is 11.5. The van der Waals surface area contributed by atoms with Crippen molar-refractivity contribution in [3.05, 3.63) is 12.3 Å². The van der Waals surface area contributed by atoms with Gasteiger partial charge in [-0.3, -0.25) is 4.90 Å². The molecular weight excluding hydrogens is 196 g/mol. The number of nitriles is 1. The first-order chi connectivity index (χ1) is 6.76. The third-order valence-electron chi connectivity index (χ3n) is 1.76.